The number of hydrogen-bond donors (Lipinski definition) is 2. The van der Waals surface area contributed by atoms with Crippen LogP contribution >= 0.6 is 0 Å². The predicted molar refractivity (Wildman–Crippen MR) is 75.9 cm³/mol. The summed E-state index contributed by atoms with van der Waals surface area (Å²) in [6.07, 6.45) is 3.23. The second kappa shape index (κ2) is 6.26. The summed E-state index contributed by atoms with van der Waals surface area (Å²) in [6.45, 7) is -0.471. The lowest BCUT2D eigenvalue weighted by Gasteiger charge is -2.11. The van der Waals surface area contributed by atoms with Crippen LogP contribution in [0, 0.1) is 0 Å². The van der Waals surface area contributed by atoms with Gasteiger partial charge in [-0.2, -0.15) is 0 Å². The van der Waals surface area contributed by atoms with Crippen molar-refractivity contribution in [2.75, 3.05) is 6.54 Å². The van der Waals surface area contributed by atoms with Crippen LogP contribution in [0.2, 0.25) is 0 Å². The van der Waals surface area contributed by atoms with E-state index in [1.165, 1.54) is 24.3 Å². The molecule has 1 aliphatic rings. The van der Waals surface area contributed by atoms with E-state index in [9.17, 15) is 18.0 Å². The van der Waals surface area contributed by atoms with Gasteiger partial charge in [-0.05, 0) is 37.1 Å². The van der Waals surface area contributed by atoms with E-state index < -0.39 is 28.3 Å². The number of carbonyl (C=O) groups excluding carboxylic acids is 1. The highest BCUT2D eigenvalue weighted by atomic mass is 32.2. The fourth-order valence-electron chi connectivity index (χ4n) is 2.45. The molecular weight excluding hydrogens is 294 g/mol. The van der Waals surface area contributed by atoms with Crippen molar-refractivity contribution in [1.82, 2.24) is 5.32 Å². The van der Waals surface area contributed by atoms with Crippen molar-refractivity contribution in [3.63, 3.8) is 0 Å². The molecule has 0 saturated heterocycles. The normalized spacial score (nSPS) is 15.8. The maximum Gasteiger partial charge on any atom is 0.322 e. The molecule has 1 aromatic carbocycles. The van der Waals surface area contributed by atoms with Crippen LogP contribution in [0.25, 0.3) is 0 Å². The third-order valence-electron chi connectivity index (χ3n) is 3.59. The Bertz CT molecular complexity index is 630. The number of sulfone groups is 1. The highest BCUT2D eigenvalue weighted by Crippen LogP contribution is 2.29. The maximum absolute atomic E-state index is 12.4. The molecule has 1 saturated carbocycles. The molecule has 0 heterocycles. The molecule has 2 N–H and O–H groups in total. The van der Waals surface area contributed by atoms with E-state index >= 15 is 0 Å². The lowest BCUT2D eigenvalue weighted by molar-refractivity contribution is -0.135. The fourth-order valence-corrected chi connectivity index (χ4v) is 4.30. The van der Waals surface area contributed by atoms with Crippen LogP contribution in [0.1, 0.15) is 36.0 Å². The van der Waals surface area contributed by atoms with E-state index in [0.717, 1.165) is 12.8 Å². The van der Waals surface area contributed by atoms with Gasteiger partial charge in [-0.25, -0.2) is 8.42 Å². The minimum absolute atomic E-state index is 0.212. The second-order valence-corrected chi connectivity index (χ2v) is 7.28. The molecule has 0 radical (unpaired) electrons. The maximum atomic E-state index is 12.4. The van der Waals surface area contributed by atoms with Crippen LogP contribution < -0.4 is 5.32 Å². The first-order valence-electron chi connectivity index (χ1n) is 6.75. The van der Waals surface area contributed by atoms with Crippen molar-refractivity contribution in [1.29, 1.82) is 0 Å². The van der Waals surface area contributed by atoms with Gasteiger partial charge >= 0.3 is 5.97 Å². The van der Waals surface area contributed by atoms with Gasteiger partial charge in [-0.1, -0.05) is 12.8 Å². The zero-order valence-corrected chi connectivity index (χ0v) is 12.2. The van der Waals surface area contributed by atoms with Crippen LogP contribution in [-0.4, -0.2) is 37.2 Å². The fraction of sp³-hybridized carbons (Fsp3) is 0.429. The Kier molecular flexibility index (Phi) is 4.62. The highest BCUT2D eigenvalue weighted by Gasteiger charge is 2.30. The predicted octanol–water partition coefficient (Wildman–Crippen LogP) is 1.22. The van der Waals surface area contributed by atoms with E-state index in [4.69, 9.17) is 5.11 Å². The molecule has 1 fully saturated rings. The van der Waals surface area contributed by atoms with Gasteiger partial charge in [0.15, 0.2) is 9.84 Å². The van der Waals surface area contributed by atoms with Gasteiger partial charge in [0.2, 0.25) is 0 Å². The third kappa shape index (κ3) is 3.60. The zero-order chi connectivity index (χ0) is 15.5. The molecule has 1 aromatic rings. The Morgan fingerprint density at radius 1 is 1.14 bits per heavy atom. The van der Waals surface area contributed by atoms with E-state index in [1.807, 2.05) is 0 Å². The summed E-state index contributed by atoms with van der Waals surface area (Å²) in [4.78, 5) is 22.2. The molecule has 0 bridgehead atoms. The van der Waals surface area contributed by atoms with E-state index in [-0.39, 0.29) is 15.7 Å². The first-order valence-corrected chi connectivity index (χ1v) is 8.30. The van der Waals surface area contributed by atoms with Gasteiger partial charge in [0.25, 0.3) is 5.91 Å². The van der Waals surface area contributed by atoms with Crippen LogP contribution in [0.3, 0.4) is 0 Å². The summed E-state index contributed by atoms with van der Waals surface area (Å²) < 4.78 is 24.7. The number of carbonyl (C=O) groups is 2. The topological polar surface area (TPSA) is 101 Å². The smallest absolute Gasteiger partial charge is 0.322 e. The summed E-state index contributed by atoms with van der Waals surface area (Å²) in [5.41, 5.74) is 0.238. The molecule has 1 aliphatic carbocycles. The van der Waals surface area contributed by atoms with Crippen molar-refractivity contribution < 1.29 is 23.1 Å². The molecule has 114 valence electrons. The van der Waals surface area contributed by atoms with Crippen LogP contribution in [-0.2, 0) is 14.6 Å². The van der Waals surface area contributed by atoms with Crippen LogP contribution in [0.5, 0.6) is 0 Å². The molecule has 1 amide bonds. The van der Waals surface area contributed by atoms with Gasteiger partial charge < -0.3 is 10.4 Å². The average molecular weight is 311 g/mol. The third-order valence-corrected chi connectivity index (χ3v) is 5.86. The van der Waals surface area contributed by atoms with E-state index in [1.54, 1.807) is 0 Å². The first kappa shape index (κ1) is 15.5. The zero-order valence-electron chi connectivity index (χ0n) is 11.4. The van der Waals surface area contributed by atoms with Gasteiger partial charge in [-0.15, -0.1) is 0 Å². The summed E-state index contributed by atoms with van der Waals surface area (Å²) in [5.74, 6) is -1.68. The van der Waals surface area contributed by atoms with Crippen molar-refractivity contribution in [3.8, 4) is 0 Å². The van der Waals surface area contributed by atoms with Crippen molar-refractivity contribution in [2.24, 2.45) is 0 Å². The standard InChI is InChI=1S/C14H17NO5S/c16-13(17)9-15-14(18)10-5-7-12(8-6-10)21(19,20)11-3-1-2-4-11/h5-8,11H,1-4,9H2,(H,15,18)(H,16,17). The van der Waals surface area contributed by atoms with Crippen molar-refractivity contribution in [2.45, 2.75) is 35.8 Å². The molecule has 7 heteroatoms. The van der Waals surface area contributed by atoms with Crippen molar-refractivity contribution >= 4 is 21.7 Å². The van der Waals surface area contributed by atoms with Crippen LogP contribution in [0.15, 0.2) is 29.2 Å². The molecule has 6 nitrogen and oxygen atoms in total. The number of nitrogens with one attached hydrogen (secondary N) is 1. The number of hydrogen-bond acceptors (Lipinski definition) is 4. The molecule has 21 heavy (non-hydrogen) atoms. The molecule has 0 spiro atoms. The van der Waals surface area contributed by atoms with Gasteiger partial charge in [-0.3, -0.25) is 9.59 Å². The Morgan fingerprint density at radius 2 is 1.71 bits per heavy atom. The minimum Gasteiger partial charge on any atom is -0.480 e. The molecule has 0 aliphatic heterocycles. The average Bonchev–Trinajstić information content (AvgIpc) is 2.99. The Morgan fingerprint density at radius 3 is 2.24 bits per heavy atom. The summed E-state index contributed by atoms with van der Waals surface area (Å²) in [7, 11) is -3.33. The number of amides is 1. The lowest BCUT2D eigenvalue weighted by atomic mass is 10.2. The van der Waals surface area contributed by atoms with Gasteiger partial charge in [0.05, 0.1) is 10.1 Å². The lowest BCUT2D eigenvalue weighted by Crippen LogP contribution is -2.29. The largest absolute Gasteiger partial charge is 0.480 e. The number of benzene rings is 1. The van der Waals surface area contributed by atoms with Gasteiger partial charge in [0, 0.05) is 5.56 Å². The summed E-state index contributed by atoms with van der Waals surface area (Å²) in [5, 5.41) is 10.4. The molecule has 2 rings (SSSR count). The molecule has 0 unspecified atom stereocenters. The number of carboxylic acid groups (broad SMARTS) is 1. The monoisotopic (exact) mass is 311 g/mol. The highest BCUT2D eigenvalue weighted by molar-refractivity contribution is 7.92. The van der Waals surface area contributed by atoms with E-state index in [2.05, 4.69) is 5.32 Å². The SMILES string of the molecule is O=C(O)CNC(=O)c1ccc(S(=O)(=O)C2CCCC2)cc1. The van der Waals surface area contributed by atoms with Gasteiger partial charge in [0.1, 0.15) is 6.54 Å². The van der Waals surface area contributed by atoms with E-state index in [0.29, 0.717) is 12.8 Å². The quantitative estimate of drug-likeness (QED) is 0.851. The Labute approximate surface area is 123 Å². The molecule has 0 aromatic heterocycles. The second-order valence-electron chi connectivity index (χ2n) is 5.05. The molecule has 0 atom stereocenters. The van der Waals surface area contributed by atoms with Crippen LogP contribution in [0.4, 0.5) is 0 Å². The Hall–Kier alpha value is -1.89. The summed E-state index contributed by atoms with van der Waals surface area (Å²) >= 11 is 0. The number of rotatable bonds is 5. The molecular formula is C14H17NO5S. The Balaban J connectivity index is 2.11. The van der Waals surface area contributed by atoms with Crippen molar-refractivity contribution in [3.05, 3.63) is 29.8 Å². The first-order chi connectivity index (χ1) is 9.91. The number of aliphatic carboxylic acids is 1. The number of carboxylic acids is 1. The minimum atomic E-state index is -3.33. The summed E-state index contributed by atoms with van der Waals surface area (Å²) in [6, 6.07) is 5.62.